The van der Waals surface area contributed by atoms with Gasteiger partial charge >= 0.3 is 11.9 Å². The summed E-state index contributed by atoms with van der Waals surface area (Å²) in [5.74, 6) is 1.17. The Morgan fingerprint density at radius 3 is 2.41 bits per heavy atom. The first-order valence-corrected chi connectivity index (χ1v) is 11.4. The molecule has 2 unspecified atom stereocenters. The van der Waals surface area contributed by atoms with Crippen LogP contribution in [-0.4, -0.2) is 33.9 Å². The molecule has 0 amide bonds. The number of aliphatic carboxylic acids is 1. The van der Waals surface area contributed by atoms with Gasteiger partial charge in [0.15, 0.2) is 0 Å². The molecular weight excluding hydrogens is 368 g/mol. The van der Waals surface area contributed by atoms with E-state index in [-0.39, 0.29) is 17.5 Å². The molecule has 0 saturated heterocycles. The van der Waals surface area contributed by atoms with Gasteiger partial charge in [-0.1, -0.05) is 13.8 Å². The van der Waals surface area contributed by atoms with Crippen molar-refractivity contribution in [3.05, 3.63) is 12.2 Å². The second kappa shape index (κ2) is 7.11. The lowest BCUT2D eigenvalue weighted by Gasteiger charge is -2.61. The summed E-state index contributed by atoms with van der Waals surface area (Å²) in [5, 5.41) is 20.5. The number of fused-ring (bicyclic) bond motifs is 5. The van der Waals surface area contributed by atoms with E-state index in [0.29, 0.717) is 35.5 Å². The zero-order chi connectivity index (χ0) is 21.0. The van der Waals surface area contributed by atoms with Crippen molar-refractivity contribution in [2.75, 3.05) is 0 Å². The molecule has 5 nitrogen and oxygen atoms in total. The van der Waals surface area contributed by atoms with Gasteiger partial charge in [0, 0.05) is 18.4 Å². The molecule has 5 heteroatoms. The van der Waals surface area contributed by atoms with Crippen LogP contribution in [-0.2, 0) is 14.3 Å². The van der Waals surface area contributed by atoms with Crippen LogP contribution in [0.1, 0.15) is 78.6 Å². The molecule has 0 aromatic heterocycles. The molecule has 0 spiro atoms. The number of hydrogen-bond donors (Lipinski definition) is 2. The van der Waals surface area contributed by atoms with Gasteiger partial charge in [0.05, 0.1) is 5.60 Å². The van der Waals surface area contributed by atoms with Gasteiger partial charge in [0.25, 0.3) is 0 Å². The third kappa shape index (κ3) is 3.24. The number of carbonyl (C=O) groups excluding carboxylic acids is 1. The number of carbonyl (C=O) groups is 2. The summed E-state index contributed by atoms with van der Waals surface area (Å²) in [5.41, 5.74) is -0.956. The van der Waals surface area contributed by atoms with Crippen molar-refractivity contribution >= 4 is 11.9 Å². The van der Waals surface area contributed by atoms with Crippen LogP contribution in [0.4, 0.5) is 0 Å². The van der Waals surface area contributed by atoms with E-state index < -0.39 is 11.6 Å². The van der Waals surface area contributed by atoms with Crippen molar-refractivity contribution in [2.45, 2.75) is 90.3 Å². The van der Waals surface area contributed by atoms with Crippen LogP contribution >= 0.6 is 0 Å². The highest BCUT2D eigenvalue weighted by Gasteiger charge is 2.64. The lowest BCUT2D eigenvalue weighted by atomic mass is 9.44. The monoisotopic (exact) mass is 404 g/mol. The normalized spacial score (nSPS) is 49.2. The summed E-state index contributed by atoms with van der Waals surface area (Å²) in [6.07, 6.45) is 11.9. The molecule has 0 aliphatic heterocycles. The van der Waals surface area contributed by atoms with Crippen molar-refractivity contribution in [2.24, 2.45) is 34.5 Å². The molecule has 4 fully saturated rings. The van der Waals surface area contributed by atoms with E-state index in [1.807, 2.05) is 0 Å². The molecule has 2 N–H and O–H groups in total. The number of ether oxygens (including phenoxy) is 1. The Morgan fingerprint density at radius 1 is 1.00 bits per heavy atom. The molecule has 0 heterocycles. The Balaban J connectivity index is 1.54. The highest BCUT2D eigenvalue weighted by atomic mass is 16.5. The van der Waals surface area contributed by atoms with Crippen LogP contribution in [0.25, 0.3) is 0 Å². The number of carboxylic acid groups (broad SMARTS) is 1. The Hall–Kier alpha value is -1.36. The molecule has 4 aliphatic rings. The molecule has 162 valence electrons. The summed E-state index contributed by atoms with van der Waals surface area (Å²) in [7, 11) is 0. The van der Waals surface area contributed by atoms with E-state index in [9.17, 15) is 14.7 Å². The molecule has 0 bridgehead atoms. The van der Waals surface area contributed by atoms with Gasteiger partial charge in [-0.2, -0.15) is 0 Å². The fraction of sp³-hybridized carbons (Fsp3) is 0.833. The summed E-state index contributed by atoms with van der Waals surface area (Å²) < 4.78 is 5.55. The van der Waals surface area contributed by atoms with Crippen LogP contribution < -0.4 is 0 Å². The Bertz CT molecular complexity index is 716. The maximum atomic E-state index is 11.4. The standard InChI is InChI=1S/C24H36O5/c1-15(25)29-17-6-10-22(2)16(14-17)4-5-18-19(22)7-11-23(3)20(18)8-12-24(23,28)13-9-21(26)27/h9,13,16-20,28H,4-8,10-12,14H2,1-3H3,(H,26,27)/t16?,17?,18-,19+,20+,22+,23+,24+/m1/s1. The fourth-order valence-corrected chi connectivity index (χ4v) is 8.09. The minimum absolute atomic E-state index is 0.0775. The van der Waals surface area contributed by atoms with E-state index in [0.717, 1.165) is 44.6 Å². The second-order valence-corrected chi connectivity index (χ2v) is 10.8. The fourth-order valence-electron chi connectivity index (χ4n) is 8.09. The number of hydrogen-bond acceptors (Lipinski definition) is 4. The molecule has 0 radical (unpaired) electrons. The zero-order valence-corrected chi connectivity index (χ0v) is 18.0. The van der Waals surface area contributed by atoms with Gasteiger partial charge in [-0.25, -0.2) is 4.79 Å². The predicted molar refractivity (Wildman–Crippen MR) is 109 cm³/mol. The summed E-state index contributed by atoms with van der Waals surface area (Å²) >= 11 is 0. The van der Waals surface area contributed by atoms with Crippen LogP contribution in [0.5, 0.6) is 0 Å². The van der Waals surface area contributed by atoms with E-state index in [1.54, 1.807) is 6.08 Å². The largest absolute Gasteiger partial charge is 0.478 e. The SMILES string of the molecule is CC(=O)OC1CC[C@@]2(C)C(CC[C@@H]3[C@@H]2CC[C@@]2(C)[C@H]3CC[C@]2(O)C=CC(=O)O)C1. The smallest absolute Gasteiger partial charge is 0.328 e. The van der Waals surface area contributed by atoms with E-state index in [1.165, 1.54) is 19.8 Å². The van der Waals surface area contributed by atoms with Crippen molar-refractivity contribution in [1.82, 2.24) is 0 Å². The molecule has 4 rings (SSSR count). The van der Waals surface area contributed by atoms with Crippen LogP contribution in [0.3, 0.4) is 0 Å². The number of esters is 1. The highest BCUT2D eigenvalue weighted by molar-refractivity contribution is 5.80. The van der Waals surface area contributed by atoms with E-state index >= 15 is 0 Å². The maximum absolute atomic E-state index is 11.4. The average Bonchev–Trinajstić information content (AvgIpc) is 2.92. The van der Waals surface area contributed by atoms with Crippen LogP contribution in [0.2, 0.25) is 0 Å². The lowest BCUT2D eigenvalue weighted by Crippen LogP contribution is -2.56. The number of aliphatic hydroxyl groups is 1. The molecule has 4 aliphatic carbocycles. The van der Waals surface area contributed by atoms with Crippen LogP contribution in [0.15, 0.2) is 12.2 Å². The molecule has 0 aromatic rings. The second-order valence-electron chi connectivity index (χ2n) is 10.8. The first-order valence-electron chi connectivity index (χ1n) is 11.4. The summed E-state index contributed by atoms with van der Waals surface area (Å²) in [6, 6.07) is 0. The topological polar surface area (TPSA) is 83.8 Å². The van der Waals surface area contributed by atoms with E-state index in [4.69, 9.17) is 9.84 Å². The van der Waals surface area contributed by atoms with Gasteiger partial charge in [-0.05, 0) is 93.0 Å². The average molecular weight is 405 g/mol. The first kappa shape index (κ1) is 20.9. The first-order chi connectivity index (χ1) is 13.6. The number of carboxylic acids is 1. The molecule has 0 aromatic carbocycles. The maximum Gasteiger partial charge on any atom is 0.328 e. The van der Waals surface area contributed by atoms with Crippen molar-refractivity contribution < 1.29 is 24.5 Å². The van der Waals surface area contributed by atoms with Gasteiger partial charge in [-0.3, -0.25) is 4.79 Å². The summed E-state index contributed by atoms with van der Waals surface area (Å²) in [6.45, 7) is 6.17. The number of rotatable bonds is 3. The van der Waals surface area contributed by atoms with Crippen molar-refractivity contribution in [3.63, 3.8) is 0 Å². The molecular formula is C24H36O5. The Morgan fingerprint density at radius 2 is 1.72 bits per heavy atom. The van der Waals surface area contributed by atoms with E-state index in [2.05, 4.69) is 13.8 Å². The Labute approximate surface area is 173 Å². The molecule has 8 atom stereocenters. The zero-order valence-electron chi connectivity index (χ0n) is 18.0. The molecule has 4 saturated carbocycles. The van der Waals surface area contributed by atoms with Crippen LogP contribution in [0, 0.1) is 34.5 Å². The lowest BCUT2D eigenvalue weighted by molar-refractivity contribution is -0.164. The van der Waals surface area contributed by atoms with Gasteiger partial charge < -0.3 is 14.9 Å². The predicted octanol–water partition coefficient (Wildman–Crippen LogP) is 4.33. The minimum atomic E-state index is -1.01. The summed E-state index contributed by atoms with van der Waals surface area (Å²) in [4.78, 5) is 22.5. The van der Waals surface area contributed by atoms with Crippen molar-refractivity contribution in [1.29, 1.82) is 0 Å². The van der Waals surface area contributed by atoms with Crippen molar-refractivity contribution in [3.8, 4) is 0 Å². The quantitative estimate of drug-likeness (QED) is 0.540. The third-order valence-electron chi connectivity index (χ3n) is 9.67. The Kier molecular flexibility index (Phi) is 5.12. The van der Waals surface area contributed by atoms with Gasteiger partial charge in [0.1, 0.15) is 6.10 Å². The van der Waals surface area contributed by atoms with Gasteiger partial charge in [0.2, 0.25) is 0 Å². The van der Waals surface area contributed by atoms with Gasteiger partial charge in [-0.15, -0.1) is 0 Å². The third-order valence-corrected chi connectivity index (χ3v) is 9.67. The molecule has 29 heavy (non-hydrogen) atoms. The highest BCUT2D eigenvalue weighted by Crippen LogP contribution is 2.68. The minimum Gasteiger partial charge on any atom is -0.478 e.